The van der Waals surface area contributed by atoms with Crippen molar-refractivity contribution >= 4 is 120 Å². The molecule has 0 radical (unpaired) electrons. The second kappa shape index (κ2) is 13.2. The smallest absolute Gasteiger partial charge is 0.329 e. The molecule has 0 saturated heterocycles. The summed E-state index contributed by atoms with van der Waals surface area (Å²) in [4.78, 5) is 54.0. The molecule has 3 rings (SSSR count). The van der Waals surface area contributed by atoms with Crippen LogP contribution < -0.4 is 5.32 Å². The summed E-state index contributed by atoms with van der Waals surface area (Å²) >= 11 is 8.48. The molecule has 1 atom stereocenters. The van der Waals surface area contributed by atoms with Crippen LogP contribution in [0.4, 0.5) is 5.69 Å². The average Bonchev–Trinajstić information content (AvgIpc) is 3.12. The fourth-order valence-corrected chi connectivity index (χ4v) is 7.87. The van der Waals surface area contributed by atoms with Gasteiger partial charge in [-0.15, -0.1) is 0 Å². The van der Waals surface area contributed by atoms with Crippen LogP contribution in [0.5, 0.6) is 0 Å². The number of carbonyl (C=O) groups excluding carboxylic acids is 4. The molecule has 37 heavy (non-hydrogen) atoms. The van der Waals surface area contributed by atoms with Gasteiger partial charge in [0.2, 0.25) is 0 Å². The molecule has 2 aromatic carbocycles. The van der Waals surface area contributed by atoms with Gasteiger partial charge in [-0.25, -0.2) is 4.79 Å². The number of ether oxygens (including phenoxy) is 1. The number of para-hydroxylation sites is 1. The number of halogens is 4. The number of aryl methyl sites for hydroxylation is 2. The molecule has 1 heterocycles. The van der Waals surface area contributed by atoms with E-state index in [4.69, 9.17) is 4.74 Å². The SMILES string of the molecule is CCc1cccc(CC)c1NC(=O)COC(=O)C(CC(C)C)N1C(=O)c2c(I)c(I)c(I)c(I)c2C1=O. The lowest BCUT2D eigenvalue weighted by Gasteiger charge is -2.26. The van der Waals surface area contributed by atoms with Gasteiger partial charge >= 0.3 is 5.97 Å². The van der Waals surface area contributed by atoms with Crippen LogP contribution in [0.3, 0.4) is 0 Å². The maximum Gasteiger partial charge on any atom is 0.329 e. The maximum atomic E-state index is 13.5. The van der Waals surface area contributed by atoms with Crippen molar-refractivity contribution in [3.8, 4) is 0 Å². The zero-order valence-electron chi connectivity index (χ0n) is 20.7. The van der Waals surface area contributed by atoms with Crippen molar-refractivity contribution < 1.29 is 23.9 Å². The normalized spacial score (nSPS) is 13.7. The highest BCUT2D eigenvalue weighted by Gasteiger charge is 2.47. The van der Waals surface area contributed by atoms with E-state index in [2.05, 4.69) is 95.7 Å². The van der Waals surface area contributed by atoms with Crippen LogP contribution in [-0.4, -0.2) is 41.2 Å². The van der Waals surface area contributed by atoms with Crippen LogP contribution in [0.1, 0.15) is 66.0 Å². The van der Waals surface area contributed by atoms with Crippen molar-refractivity contribution in [3.05, 3.63) is 54.7 Å². The molecule has 0 aliphatic carbocycles. The Bertz CT molecular complexity index is 1210. The summed E-state index contributed by atoms with van der Waals surface area (Å²) < 4.78 is 8.56. The fourth-order valence-electron chi connectivity index (χ4n) is 4.21. The molecule has 1 unspecified atom stereocenters. The minimum Gasteiger partial charge on any atom is -0.454 e. The van der Waals surface area contributed by atoms with E-state index in [0.29, 0.717) is 18.3 Å². The van der Waals surface area contributed by atoms with Crippen molar-refractivity contribution in [1.82, 2.24) is 4.90 Å². The summed E-state index contributed by atoms with van der Waals surface area (Å²) in [6.45, 7) is 7.31. The molecule has 1 aliphatic heterocycles. The average molecular weight is 954 g/mol. The highest BCUT2D eigenvalue weighted by molar-refractivity contribution is 14.1. The van der Waals surface area contributed by atoms with Crippen molar-refractivity contribution in [2.24, 2.45) is 5.92 Å². The van der Waals surface area contributed by atoms with Gasteiger partial charge in [-0.2, -0.15) is 0 Å². The van der Waals surface area contributed by atoms with Gasteiger partial charge in [0.25, 0.3) is 17.7 Å². The first-order valence-electron chi connectivity index (χ1n) is 11.7. The summed E-state index contributed by atoms with van der Waals surface area (Å²) in [5.41, 5.74) is 3.37. The number of amides is 3. The van der Waals surface area contributed by atoms with Crippen LogP contribution in [0.25, 0.3) is 0 Å². The molecule has 2 aromatic rings. The van der Waals surface area contributed by atoms with Crippen molar-refractivity contribution in [2.45, 2.75) is 53.0 Å². The van der Waals surface area contributed by atoms with E-state index in [1.165, 1.54) is 0 Å². The van der Waals surface area contributed by atoms with Gasteiger partial charge in [0.05, 0.1) is 11.1 Å². The third-order valence-corrected chi connectivity index (χ3v) is 13.4. The number of anilines is 1. The van der Waals surface area contributed by atoms with Gasteiger partial charge in [0.15, 0.2) is 6.61 Å². The van der Waals surface area contributed by atoms with Crippen LogP contribution in [0, 0.1) is 20.2 Å². The molecule has 0 spiro atoms. The van der Waals surface area contributed by atoms with E-state index < -0.39 is 36.3 Å². The largest absolute Gasteiger partial charge is 0.454 e. The van der Waals surface area contributed by atoms with Gasteiger partial charge in [-0.3, -0.25) is 19.3 Å². The molecule has 1 N–H and O–H groups in total. The molecule has 1 aliphatic rings. The minimum absolute atomic E-state index is 0.00218. The lowest BCUT2D eigenvalue weighted by atomic mass is 10.0. The van der Waals surface area contributed by atoms with Gasteiger partial charge in [0, 0.05) is 20.0 Å². The number of carbonyl (C=O) groups is 4. The molecule has 3 amide bonds. The van der Waals surface area contributed by atoms with Gasteiger partial charge in [-0.1, -0.05) is 45.9 Å². The van der Waals surface area contributed by atoms with E-state index in [1.54, 1.807) is 0 Å². The Hall–Kier alpha value is -0.560. The van der Waals surface area contributed by atoms with Crippen LogP contribution >= 0.6 is 90.4 Å². The van der Waals surface area contributed by atoms with E-state index in [-0.39, 0.29) is 12.3 Å². The molecule has 7 nitrogen and oxygen atoms in total. The molecule has 198 valence electrons. The number of hydrogen-bond acceptors (Lipinski definition) is 5. The Morgan fingerprint density at radius 1 is 0.892 bits per heavy atom. The summed E-state index contributed by atoms with van der Waals surface area (Å²) in [7, 11) is 0. The number of rotatable bonds is 9. The Morgan fingerprint density at radius 2 is 1.38 bits per heavy atom. The second-order valence-corrected chi connectivity index (χ2v) is 13.3. The van der Waals surface area contributed by atoms with E-state index in [0.717, 1.165) is 41.7 Å². The summed E-state index contributed by atoms with van der Waals surface area (Å²) in [5, 5.41) is 2.88. The standard InChI is InChI=1S/C26H26I4N2O5/c1-5-13-8-7-9-14(6-2)23(13)31-16(33)11-37-26(36)15(10-12(3)4)32-24(34)17-18(25(32)35)20(28)22(30)21(29)19(17)27/h7-9,12,15H,5-6,10-11H2,1-4H3,(H,31,33). The van der Waals surface area contributed by atoms with Crippen molar-refractivity contribution in [3.63, 3.8) is 0 Å². The number of nitrogens with one attached hydrogen (secondary N) is 1. The number of fused-ring (bicyclic) bond motifs is 1. The second-order valence-electron chi connectivity index (χ2n) is 8.95. The number of benzene rings is 2. The van der Waals surface area contributed by atoms with Gasteiger partial charge < -0.3 is 10.1 Å². The van der Waals surface area contributed by atoms with E-state index in [1.807, 2.05) is 45.9 Å². The van der Waals surface area contributed by atoms with E-state index >= 15 is 0 Å². The zero-order valence-corrected chi connectivity index (χ0v) is 29.3. The first kappa shape index (κ1) is 31.0. The predicted octanol–water partition coefficient (Wildman–Crippen LogP) is 6.42. The first-order valence-corrected chi connectivity index (χ1v) is 16.1. The highest BCUT2D eigenvalue weighted by atomic mass is 127. The molecule has 0 bridgehead atoms. The number of esters is 1. The molecule has 0 aromatic heterocycles. The Morgan fingerprint density at radius 3 is 1.81 bits per heavy atom. The number of nitrogens with zero attached hydrogens (tertiary/aromatic N) is 1. The van der Waals surface area contributed by atoms with Gasteiger partial charge in [-0.05, 0) is 127 Å². The van der Waals surface area contributed by atoms with Crippen molar-refractivity contribution in [1.29, 1.82) is 0 Å². The minimum atomic E-state index is -1.13. The number of hydrogen-bond donors (Lipinski definition) is 1. The zero-order chi connectivity index (χ0) is 27.6. The van der Waals surface area contributed by atoms with Crippen LogP contribution in [0.2, 0.25) is 0 Å². The van der Waals surface area contributed by atoms with Crippen molar-refractivity contribution in [2.75, 3.05) is 11.9 Å². The maximum absolute atomic E-state index is 13.5. The first-order chi connectivity index (χ1) is 17.4. The quantitative estimate of drug-likeness (QED) is 0.103. The fraction of sp³-hybridized carbons (Fsp3) is 0.385. The highest BCUT2D eigenvalue weighted by Crippen LogP contribution is 2.39. The lowest BCUT2D eigenvalue weighted by molar-refractivity contribution is -0.151. The third kappa shape index (κ3) is 6.44. The molecular formula is C26H26I4N2O5. The van der Waals surface area contributed by atoms with Gasteiger partial charge in [0.1, 0.15) is 6.04 Å². The third-order valence-electron chi connectivity index (χ3n) is 6.02. The summed E-state index contributed by atoms with van der Waals surface area (Å²) in [5.74, 6) is -2.26. The topological polar surface area (TPSA) is 92.8 Å². The van der Waals surface area contributed by atoms with Crippen LogP contribution in [0.15, 0.2) is 18.2 Å². The summed E-state index contributed by atoms with van der Waals surface area (Å²) in [6.07, 6.45) is 1.72. The Balaban J connectivity index is 1.84. The lowest BCUT2D eigenvalue weighted by Crippen LogP contribution is -2.47. The number of imide groups is 1. The molecule has 11 heteroatoms. The molecular weight excluding hydrogens is 928 g/mol. The van der Waals surface area contributed by atoms with Crippen LogP contribution in [-0.2, 0) is 27.2 Å². The summed E-state index contributed by atoms with van der Waals surface area (Å²) in [6, 6.07) is 4.73. The monoisotopic (exact) mass is 954 g/mol. The molecule has 0 fully saturated rings. The van der Waals surface area contributed by atoms with E-state index in [9.17, 15) is 19.2 Å². The Kier molecular flexibility index (Phi) is 11.0. The molecule has 0 saturated carbocycles. The Labute approximate surface area is 271 Å². The predicted molar refractivity (Wildman–Crippen MR) is 176 cm³/mol.